The van der Waals surface area contributed by atoms with Crippen molar-refractivity contribution in [2.45, 2.75) is 20.0 Å². The highest BCUT2D eigenvalue weighted by Gasteiger charge is 2.16. The van der Waals surface area contributed by atoms with Gasteiger partial charge in [0, 0.05) is 17.3 Å². The first-order valence-corrected chi connectivity index (χ1v) is 10.5. The molecule has 0 aliphatic carbocycles. The Bertz CT molecular complexity index is 953. The van der Waals surface area contributed by atoms with E-state index in [9.17, 15) is 4.79 Å². The van der Waals surface area contributed by atoms with Crippen molar-refractivity contribution in [3.05, 3.63) is 74.7 Å². The van der Waals surface area contributed by atoms with Gasteiger partial charge in [0.25, 0.3) is 5.91 Å². The lowest BCUT2D eigenvalue weighted by atomic mass is 10.1. The van der Waals surface area contributed by atoms with Crippen LogP contribution in [0.15, 0.2) is 48.5 Å². The van der Waals surface area contributed by atoms with Crippen LogP contribution in [0.25, 0.3) is 0 Å². The van der Waals surface area contributed by atoms with Crippen molar-refractivity contribution in [1.29, 1.82) is 0 Å². The third kappa shape index (κ3) is 6.29. The standard InChI is InChI=1S/C22H24ClN3O2S/c1-15-21(29-20(24-15)14-28-19-10-6-17(23)7-11-19)22(27)25-18-8-4-16(5-9-18)12-13-26(2)3/h4-11H,12-14H2,1-3H3,(H,25,27). The van der Waals surface area contributed by atoms with Gasteiger partial charge in [-0.3, -0.25) is 4.79 Å². The van der Waals surface area contributed by atoms with Crippen molar-refractivity contribution in [2.75, 3.05) is 26.0 Å². The number of thiazole rings is 1. The number of ether oxygens (including phenoxy) is 1. The molecular formula is C22H24ClN3O2S. The van der Waals surface area contributed by atoms with Gasteiger partial charge in [0.2, 0.25) is 0 Å². The first-order chi connectivity index (χ1) is 13.9. The lowest BCUT2D eigenvalue weighted by Gasteiger charge is -2.10. The van der Waals surface area contributed by atoms with Gasteiger partial charge in [0.15, 0.2) is 0 Å². The molecule has 1 amide bonds. The van der Waals surface area contributed by atoms with Crippen LogP contribution in [0.2, 0.25) is 5.02 Å². The summed E-state index contributed by atoms with van der Waals surface area (Å²) in [7, 11) is 4.11. The minimum Gasteiger partial charge on any atom is -0.486 e. The van der Waals surface area contributed by atoms with Gasteiger partial charge in [-0.1, -0.05) is 23.7 Å². The van der Waals surface area contributed by atoms with E-state index < -0.39 is 0 Å². The summed E-state index contributed by atoms with van der Waals surface area (Å²) in [5, 5.41) is 4.36. The maximum absolute atomic E-state index is 12.7. The molecule has 0 fully saturated rings. The molecule has 29 heavy (non-hydrogen) atoms. The first kappa shape index (κ1) is 21.3. The Morgan fingerprint density at radius 1 is 1.14 bits per heavy atom. The van der Waals surface area contributed by atoms with Crippen molar-refractivity contribution >= 4 is 34.5 Å². The molecule has 0 saturated carbocycles. The molecule has 0 saturated heterocycles. The van der Waals surface area contributed by atoms with E-state index in [0.717, 1.165) is 23.7 Å². The zero-order valence-electron chi connectivity index (χ0n) is 16.7. The molecule has 0 aliphatic rings. The smallest absolute Gasteiger partial charge is 0.267 e. The van der Waals surface area contributed by atoms with E-state index in [1.807, 2.05) is 31.2 Å². The summed E-state index contributed by atoms with van der Waals surface area (Å²) in [5.41, 5.74) is 2.72. The van der Waals surface area contributed by atoms with E-state index >= 15 is 0 Å². The van der Waals surface area contributed by atoms with Crippen LogP contribution >= 0.6 is 22.9 Å². The number of halogens is 1. The second-order valence-electron chi connectivity index (χ2n) is 6.97. The van der Waals surface area contributed by atoms with Crippen molar-refractivity contribution in [3.8, 4) is 5.75 Å². The molecule has 5 nitrogen and oxygen atoms in total. The molecular weight excluding hydrogens is 406 g/mol. The summed E-state index contributed by atoms with van der Waals surface area (Å²) in [6.45, 7) is 3.13. The molecule has 0 aliphatic heterocycles. The average molecular weight is 430 g/mol. The number of hydrogen-bond donors (Lipinski definition) is 1. The summed E-state index contributed by atoms with van der Waals surface area (Å²) in [6.07, 6.45) is 0.978. The molecule has 0 unspecified atom stereocenters. The predicted octanol–water partition coefficient (Wildman–Crippen LogP) is 5.04. The fourth-order valence-corrected chi connectivity index (χ4v) is 3.70. The summed E-state index contributed by atoms with van der Waals surface area (Å²) >= 11 is 7.22. The molecule has 0 atom stereocenters. The van der Waals surface area contributed by atoms with Gasteiger partial charge in [-0.2, -0.15) is 0 Å². The fourth-order valence-electron chi connectivity index (χ4n) is 2.70. The Labute approximate surface area is 180 Å². The quantitative estimate of drug-likeness (QED) is 0.545. The van der Waals surface area contributed by atoms with Gasteiger partial charge in [0.1, 0.15) is 22.2 Å². The van der Waals surface area contributed by atoms with Crippen molar-refractivity contribution in [3.63, 3.8) is 0 Å². The van der Waals surface area contributed by atoms with Crippen LogP contribution in [-0.4, -0.2) is 36.4 Å². The minimum atomic E-state index is -0.154. The van der Waals surface area contributed by atoms with Crippen LogP contribution < -0.4 is 10.1 Å². The molecule has 3 aromatic rings. The monoisotopic (exact) mass is 429 g/mol. The summed E-state index contributed by atoms with van der Waals surface area (Å²) in [4.78, 5) is 19.9. The minimum absolute atomic E-state index is 0.154. The summed E-state index contributed by atoms with van der Waals surface area (Å²) in [5.74, 6) is 0.557. The van der Waals surface area contributed by atoms with Gasteiger partial charge in [-0.25, -0.2) is 4.98 Å². The molecule has 0 bridgehead atoms. The van der Waals surface area contributed by atoms with E-state index in [1.165, 1.54) is 16.9 Å². The number of carbonyl (C=O) groups excluding carboxylic acids is 1. The largest absolute Gasteiger partial charge is 0.486 e. The summed E-state index contributed by atoms with van der Waals surface area (Å²) in [6, 6.07) is 15.1. The van der Waals surface area contributed by atoms with Crippen LogP contribution in [0.3, 0.4) is 0 Å². The predicted molar refractivity (Wildman–Crippen MR) is 119 cm³/mol. The Hall–Kier alpha value is -2.41. The maximum Gasteiger partial charge on any atom is 0.267 e. The Morgan fingerprint density at radius 3 is 2.48 bits per heavy atom. The molecule has 1 N–H and O–H groups in total. The van der Waals surface area contributed by atoms with Gasteiger partial charge in [-0.05, 0) is 69.4 Å². The van der Waals surface area contributed by atoms with Crippen molar-refractivity contribution in [1.82, 2.24) is 9.88 Å². The third-order valence-electron chi connectivity index (χ3n) is 4.28. The fraction of sp³-hybridized carbons (Fsp3) is 0.273. The molecule has 1 heterocycles. The number of aryl methyl sites for hydroxylation is 1. The third-order valence-corrected chi connectivity index (χ3v) is 5.66. The zero-order chi connectivity index (χ0) is 20.8. The highest BCUT2D eigenvalue weighted by atomic mass is 35.5. The van der Waals surface area contributed by atoms with Gasteiger partial charge in [-0.15, -0.1) is 11.3 Å². The second kappa shape index (κ2) is 9.87. The average Bonchev–Trinajstić information content (AvgIpc) is 3.08. The van der Waals surface area contributed by atoms with Gasteiger partial charge >= 0.3 is 0 Å². The van der Waals surface area contributed by atoms with Gasteiger partial charge < -0.3 is 15.0 Å². The van der Waals surface area contributed by atoms with Crippen molar-refractivity contribution in [2.24, 2.45) is 0 Å². The Morgan fingerprint density at radius 2 is 1.83 bits per heavy atom. The number of benzene rings is 2. The molecule has 152 valence electrons. The summed E-state index contributed by atoms with van der Waals surface area (Å²) < 4.78 is 5.72. The van der Waals surface area contributed by atoms with Gasteiger partial charge in [0.05, 0.1) is 5.69 Å². The van der Waals surface area contributed by atoms with Crippen LogP contribution in [0.1, 0.15) is 25.9 Å². The lowest BCUT2D eigenvalue weighted by Crippen LogP contribution is -2.15. The molecule has 0 radical (unpaired) electrons. The number of carbonyl (C=O) groups is 1. The number of hydrogen-bond acceptors (Lipinski definition) is 5. The molecule has 3 rings (SSSR count). The molecule has 2 aromatic carbocycles. The molecule has 1 aromatic heterocycles. The number of likely N-dealkylation sites (N-methyl/N-ethyl adjacent to an activating group) is 1. The van der Waals surface area contributed by atoms with Crippen LogP contribution in [-0.2, 0) is 13.0 Å². The topological polar surface area (TPSA) is 54.5 Å². The van der Waals surface area contributed by atoms with Crippen LogP contribution in [0.4, 0.5) is 5.69 Å². The number of anilines is 1. The number of amides is 1. The van der Waals surface area contributed by atoms with E-state index in [1.54, 1.807) is 24.3 Å². The van der Waals surface area contributed by atoms with E-state index in [-0.39, 0.29) is 5.91 Å². The Balaban J connectivity index is 1.58. The highest BCUT2D eigenvalue weighted by molar-refractivity contribution is 7.13. The van der Waals surface area contributed by atoms with Crippen LogP contribution in [0, 0.1) is 6.92 Å². The maximum atomic E-state index is 12.7. The van der Waals surface area contributed by atoms with Crippen molar-refractivity contribution < 1.29 is 9.53 Å². The normalized spacial score (nSPS) is 10.9. The van der Waals surface area contributed by atoms with E-state index in [4.69, 9.17) is 16.3 Å². The number of nitrogens with zero attached hydrogens (tertiary/aromatic N) is 2. The first-order valence-electron chi connectivity index (χ1n) is 9.30. The lowest BCUT2D eigenvalue weighted by molar-refractivity contribution is 0.103. The number of rotatable bonds is 8. The Kier molecular flexibility index (Phi) is 7.25. The SMILES string of the molecule is Cc1nc(COc2ccc(Cl)cc2)sc1C(=O)Nc1ccc(CCN(C)C)cc1. The highest BCUT2D eigenvalue weighted by Crippen LogP contribution is 2.23. The zero-order valence-corrected chi connectivity index (χ0v) is 18.3. The number of nitrogens with one attached hydrogen (secondary N) is 1. The molecule has 7 heteroatoms. The molecule has 0 spiro atoms. The van der Waals surface area contributed by atoms with E-state index in [2.05, 4.69) is 29.3 Å². The van der Waals surface area contributed by atoms with Crippen LogP contribution in [0.5, 0.6) is 5.75 Å². The number of aromatic nitrogens is 1. The van der Waals surface area contributed by atoms with E-state index in [0.29, 0.717) is 28.0 Å². The second-order valence-corrected chi connectivity index (χ2v) is 8.49.